The van der Waals surface area contributed by atoms with Crippen molar-refractivity contribution in [1.82, 2.24) is 30.5 Å². The van der Waals surface area contributed by atoms with Gasteiger partial charge in [0.25, 0.3) is 0 Å². The van der Waals surface area contributed by atoms with E-state index in [4.69, 9.17) is 5.26 Å². The maximum absolute atomic E-state index is 8.86. The average Bonchev–Trinajstić information content (AvgIpc) is 3.21. The molecule has 10 heteroatoms. The van der Waals surface area contributed by atoms with E-state index >= 15 is 0 Å². The zero-order chi connectivity index (χ0) is 20.8. The van der Waals surface area contributed by atoms with Gasteiger partial charge >= 0.3 is 0 Å². The number of hydrogen-bond donors (Lipinski definition) is 3. The van der Waals surface area contributed by atoms with Gasteiger partial charge in [0.05, 0.1) is 18.1 Å². The molecule has 1 atom stereocenters. The summed E-state index contributed by atoms with van der Waals surface area (Å²) in [5.41, 5.74) is 1.88. The van der Waals surface area contributed by atoms with Gasteiger partial charge in [-0.3, -0.25) is 0 Å². The molecule has 4 heterocycles. The van der Waals surface area contributed by atoms with Crippen LogP contribution in [-0.2, 0) is 0 Å². The zero-order valence-corrected chi connectivity index (χ0v) is 17.5. The first-order valence-corrected chi connectivity index (χ1v) is 10.8. The van der Waals surface area contributed by atoms with Gasteiger partial charge in [-0.15, -0.1) is 21.5 Å². The number of aryl methyl sites for hydroxylation is 1. The van der Waals surface area contributed by atoms with Crippen LogP contribution in [0.3, 0.4) is 0 Å². The molecule has 3 aromatic rings. The molecule has 4 rings (SSSR count). The molecule has 0 aliphatic carbocycles. The number of aromatic nitrogens is 5. The first kappa shape index (κ1) is 20.1. The van der Waals surface area contributed by atoms with E-state index in [1.807, 2.05) is 25.3 Å². The summed E-state index contributed by atoms with van der Waals surface area (Å²) in [6, 6.07) is 4.42. The summed E-state index contributed by atoms with van der Waals surface area (Å²) in [7, 11) is 0. The third kappa shape index (κ3) is 5.06. The third-order valence-corrected chi connectivity index (χ3v) is 5.78. The summed E-state index contributed by atoms with van der Waals surface area (Å²) in [6.07, 6.45) is 9.58. The Hall–Kier alpha value is -3.16. The lowest BCUT2D eigenvalue weighted by molar-refractivity contribution is 0.389. The van der Waals surface area contributed by atoms with Crippen molar-refractivity contribution in [2.75, 3.05) is 23.7 Å². The lowest BCUT2D eigenvalue weighted by Crippen LogP contribution is -2.35. The average molecular weight is 422 g/mol. The lowest BCUT2D eigenvalue weighted by atomic mass is 10.0. The fourth-order valence-electron chi connectivity index (χ4n) is 3.34. The summed E-state index contributed by atoms with van der Waals surface area (Å²) >= 11 is 1.59. The molecular formula is C20H23N9S. The molecule has 3 N–H and O–H groups in total. The molecule has 9 nitrogen and oxygen atoms in total. The molecule has 0 radical (unpaired) electrons. The van der Waals surface area contributed by atoms with Crippen LogP contribution in [0.2, 0.25) is 0 Å². The van der Waals surface area contributed by atoms with Crippen molar-refractivity contribution in [3.05, 3.63) is 35.2 Å². The highest BCUT2D eigenvalue weighted by molar-refractivity contribution is 7.14. The number of hydrogen-bond acceptors (Lipinski definition) is 10. The van der Waals surface area contributed by atoms with Gasteiger partial charge in [0.1, 0.15) is 22.6 Å². The van der Waals surface area contributed by atoms with Crippen LogP contribution in [0.15, 0.2) is 24.7 Å². The Bertz CT molecular complexity index is 1020. The van der Waals surface area contributed by atoms with E-state index in [0.717, 1.165) is 40.8 Å². The number of nitriles is 1. The predicted molar refractivity (Wildman–Crippen MR) is 117 cm³/mol. The minimum atomic E-state index is 0.264. The number of piperidine rings is 1. The van der Waals surface area contributed by atoms with Gasteiger partial charge in [-0.1, -0.05) is 6.42 Å². The number of anilines is 3. The fraction of sp³-hybridized carbons (Fsp3) is 0.400. The Labute approximate surface area is 179 Å². The molecule has 0 amide bonds. The topological polar surface area (TPSA) is 124 Å². The van der Waals surface area contributed by atoms with Crippen LogP contribution in [-0.4, -0.2) is 44.3 Å². The van der Waals surface area contributed by atoms with Gasteiger partial charge in [0.2, 0.25) is 0 Å². The Morgan fingerprint density at radius 2 is 2.10 bits per heavy atom. The van der Waals surface area contributed by atoms with Crippen LogP contribution in [0.1, 0.15) is 36.3 Å². The van der Waals surface area contributed by atoms with Gasteiger partial charge in [0.15, 0.2) is 11.5 Å². The van der Waals surface area contributed by atoms with Crippen molar-refractivity contribution in [2.45, 2.75) is 38.6 Å². The van der Waals surface area contributed by atoms with Gasteiger partial charge in [-0.05, 0) is 32.7 Å². The Kier molecular flexibility index (Phi) is 6.41. The summed E-state index contributed by atoms with van der Waals surface area (Å²) in [5.74, 6) is 1.04. The summed E-state index contributed by atoms with van der Waals surface area (Å²) < 4.78 is 0. The molecule has 1 aliphatic heterocycles. The molecule has 1 unspecified atom stereocenters. The van der Waals surface area contributed by atoms with E-state index in [-0.39, 0.29) is 5.69 Å². The Morgan fingerprint density at radius 1 is 1.17 bits per heavy atom. The maximum Gasteiger partial charge on any atom is 0.158 e. The minimum Gasteiger partial charge on any atom is -0.383 e. The molecule has 0 spiro atoms. The number of rotatable bonds is 7. The fourth-order valence-corrected chi connectivity index (χ4v) is 4.11. The van der Waals surface area contributed by atoms with E-state index < -0.39 is 0 Å². The second-order valence-corrected chi connectivity index (χ2v) is 8.39. The predicted octanol–water partition coefficient (Wildman–Crippen LogP) is 3.26. The van der Waals surface area contributed by atoms with Crippen molar-refractivity contribution in [2.24, 2.45) is 0 Å². The Morgan fingerprint density at radius 3 is 2.80 bits per heavy atom. The van der Waals surface area contributed by atoms with Crippen molar-refractivity contribution in [3.8, 4) is 16.8 Å². The molecule has 0 saturated carbocycles. The van der Waals surface area contributed by atoms with E-state index in [2.05, 4.69) is 41.1 Å². The molecule has 1 aliphatic rings. The van der Waals surface area contributed by atoms with Crippen LogP contribution in [0.4, 0.5) is 17.3 Å². The quantitative estimate of drug-likeness (QED) is 0.527. The van der Waals surface area contributed by atoms with Crippen molar-refractivity contribution in [1.29, 1.82) is 5.26 Å². The number of nitrogens with zero attached hydrogens (tertiary/aromatic N) is 6. The van der Waals surface area contributed by atoms with E-state index in [9.17, 15) is 0 Å². The summed E-state index contributed by atoms with van der Waals surface area (Å²) in [6.45, 7) is 3.96. The van der Waals surface area contributed by atoms with Crippen molar-refractivity contribution >= 4 is 28.7 Å². The highest BCUT2D eigenvalue weighted by Gasteiger charge is 2.15. The highest BCUT2D eigenvalue weighted by atomic mass is 32.1. The van der Waals surface area contributed by atoms with E-state index in [0.29, 0.717) is 17.7 Å². The number of thiazole rings is 1. The third-order valence-electron chi connectivity index (χ3n) is 4.86. The molecule has 3 aromatic heterocycles. The van der Waals surface area contributed by atoms with Crippen LogP contribution < -0.4 is 16.0 Å². The second kappa shape index (κ2) is 9.56. The minimum absolute atomic E-state index is 0.264. The van der Waals surface area contributed by atoms with Gasteiger partial charge in [0, 0.05) is 29.7 Å². The molecule has 30 heavy (non-hydrogen) atoms. The zero-order valence-electron chi connectivity index (χ0n) is 16.7. The standard InChI is InChI=1S/C20H23N9S/c1-13-10-26-20(30-13)19-16(23-7-5-14-4-2-3-6-22-14)8-17(28-29-19)27-18-12-24-15(9-21)11-25-18/h8,10-12,14,22H,2-7H2,1H3,(H2,23,25,27,28). The molecule has 0 aromatic carbocycles. The largest absolute Gasteiger partial charge is 0.383 e. The van der Waals surface area contributed by atoms with Crippen LogP contribution in [0.5, 0.6) is 0 Å². The Balaban J connectivity index is 1.51. The molecule has 1 fully saturated rings. The first-order valence-electron chi connectivity index (χ1n) is 9.98. The van der Waals surface area contributed by atoms with E-state index in [1.54, 1.807) is 11.3 Å². The van der Waals surface area contributed by atoms with Crippen molar-refractivity contribution in [3.63, 3.8) is 0 Å². The smallest absolute Gasteiger partial charge is 0.158 e. The molecular weight excluding hydrogens is 398 g/mol. The first-order chi connectivity index (χ1) is 14.7. The monoisotopic (exact) mass is 421 g/mol. The molecule has 154 valence electrons. The number of nitrogens with one attached hydrogen (secondary N) is 3. The van der Waals surface area contributed by atoms with Crippen LogP contribution >= 0.6 is 11.3 Å². The van der Waals surface area contributed by atoms with Crippen LogP contribution in [0, 0.1) is 18.3 Å². The SMILES string of the molecule is Cc1cnc(-c2nnc(Nc3cnc(C#N)cn3)cc2NCCC2CCCCN2)s1. The van der Waals surface area contributed by atoms with Gasteiger partial charge < -0.3 is 16.0 Å². The lowest BCUT2D eigenvalue weighted by Gasteiger charge is -2.23. The van der Waals surface area contributed by atoms with Crippen molar-refractivity contribution < 1.29 is 0 Å². The summed E-state index contributed by atoms with van der Waals surface area (Å²) in [4.78, 5) is 13.8. The molecule has 0 bridgehead atoms. The normalized spacial score (nSPS) is 16.1. The van der Waals surface area contributed by atoms with Gasteiger partial charge in [-0.2, -0.15) is 5.26 Å². The molecule has 1 saturated heterocycles. The van der Waals surface area contributed by atoms with E-state index in [1.165, 1.54) is 31.7 Å². The summed E-state index contributed by atoms with van der Waals surface area (Å²) in [5, 5.41) is 28.6. The second-order valence-electron chi connectivity index (χ2n) is 7.15. The van der Waals surface area contributed by atoms with Gasteiger partial charge in [-0.25, -0.2) is 15.0 Å². The maximum atomic E-state index is 8.86. The highest BCUT2D eigenvalue weighted by Crippen LogP contribution is 2.30. The van der Waals surface area contributed by atoms with Crippen LogP contribution in [0.25, 0.3) is 10.7 Å².